The van der Waals surface area contributed by atoms with E-state index >= 15 is 0 Å². The van der Waals surface area contributed by atoms with E-state index in [9.17, 15) is 0 Å². The summed E-state index contributed by atoms with van der Waals surface area (Å²) in [6.45, 7) is 4.12. The minimum Gasteiger partial charge on any atom is -0.299 e. The third-order valence-electron chi connectivity index (χ3n) is 5.33. The summed E-state index contributed by atoms with van der Waals surface area (Å²) in [5.74, 6) is 0. The Morgan fingerprint density at radius 2 is 1.76 bits per heavy atom. The number of hydrogen-bond donors (Lipinski definition) is 0. The smallest absolute Gasteiger partial charge is 0.0489 e. The van der Waals surface area contributed by atoms with Crippen LogP contribution in [0.25, 0.3) is 0 Å². The molecule has 0 amide bonds. The molecule has 2 aromatic carbocycles. The molecule has 0 aliphatic carbocycles. The highest BCUT2D eigenvalue weighted by atomic mass is 35.5. The van der Waals surface area contributed by atoms with E-state index < -0.39 is 0 Å². The van der Waals surface area contributed by atoms with Crippen LogP contribution in [0.1, 0.15) is 17.5 Å². The molecule has 1 saturated heterocycles. The van der Waals surface area contributed by atoms with Gasteiger partial charge in [0.25, 0.3) is 0 Å². The molecule has 3 nitrogen and oxygen atoms in total. The van der Waals surface area contributed by atoms with Gasteiger partial charge in [-0.15, -0.1) is 0 Å². The second-order valence-electron chi connectivity index (χ2n) is 7.39. The van der Waals surface area contributed by atoms with Crippen LogP contribution in [0.5, 0.6) is 0 Å². The quantitative estimate of drug-likeness (QED) is 0.824. The summed E-state index contributed by atoms with van der Waals surface area (Å²) in [6, 6.07) is 19.1. The van der Waals surface area contributed by atoms with Crippen molar-refractivity contribution < 1.29 is 0 Å². The van der Waals surface area contributed by atoms with E-state index in [0.717, 1.165) is 44.0 Å². The van der Waals surface area contributed by atoms with Crippen molar-refractivity contribution in [3.63, 3.8) is 0 Å². The Labute approximate surface area is 154 Å². The molecule has 0 aromatic heterocycles. The monoisotopic (exact) mass is 353 g/mol. The van der Waals surface area contributed by atoms with Crippen LogP contribution >= 0.6 is 11.6 Å². The standard InChI is InChI=1S/C21H24ClN3/c1-24-15-21(13-17-5-3-2-4-6-17)16-25(12-11-20(21)23-24)14-18-7-9-19(22)10-8-18/h2-10H,11-16H2,1H3. The lowest BCUT2D eigenvalue weighted by molar-refractivity contribution is 0.157. The fourth-order valence-corrected chi connectivity index (χ4v) is 4.41. The number of hydrogen-bond acceptors (Lipinski definition) is 3. The van der Waals surface area contributed by atoms with Crippen LogP contribution in [-0.4, -0.2) is 42.3 Å². The lowest BCUT2D eigenvalue weighted by Crippen LogP contribution is -2.51. The van der Waals surface area contributed by atoms with E-state index in [1.807, 2.05) is 12.1 Å². The number of rotatable bonds is 4. The molecule has 2 aromatic rings. The molecule has 2 heterocycles. The molecular formula is C21H24ClN3. The first kappa shape index (κ1) is 16.6. The van der Waals surface area contributed by atoms with E-state index in [2.05, 4.69) is 59.4 Å². The number of likely N-dealkylation sites (tertiary alicyclic amines) is 1. The maximum atomic E-state index is 6.02. The Balaban J connectivity index is 1.54. The summed E-state index contributed by atoms with van der Waals surface area (Å²) in [5.41, 5.74) is 4.25. The fourth-order valence-electron chi connectivity index (χ4n) is 4.29. The highest BCUT2D eigenvalue weighted by Gasteiger charge is 2.45. The molecule has 0 N–H and O–H groups in total. The minimum atomic E-state index is 0.140. The summed E-state index contributed by atoms with van der Waals surface area (Å²) in [5, 5.41) is 7.77. The Bertz CT molecular complexity index is 756. The first-order chi connectivity index (χ1) is 12.1. The zero-order valence-electron chi connectivity index (χ0n) is 14.7. The molecule has 25 heavy (non-hydrogen) atoms. The van der Waals surface area contributed by atoms with Gasteiger partial charge in [-0.05, 0) is 29.7 Å². The molecule has 0 spiro atoms. The van der Waals surface area contributed by atoms with Crippen molar-refractivity contribution in [1.29, 1.82) is 0 Å². The zero-order valence-corrected chi connectivity index (χ0v) is 15.4. The van der Waals surface area contributed by atoms with E-state index in [1.165, 1.54) is 16.8 Å². The summed E-state index contributed by atoms with van der Waals surface area (Å²) in [6.07, 6.45) is 2.12. The molecule has 0 radical (unpaired) electrons. The molecule has 0 bridgehead atoms. The predicted molar refractivity (Wildman–Crippen MR) is 104 cm³/mol. The Hall–Kier alpha value is -1.84. The zero-order chi connectivity index (χ0) is 17.3. The van der Waals surface area contributed by atoms with Crippen molar-refractivity contribution in [3.8, 4) is 0 Å². The molecular weight excluding hydrogens is 330 g/mol. The van der Waals surface area contributed by atoms with Gasteiger partial charge < -0.3 is 0 Å². The molecule has 4 heteroatoms. The van der Waals surface area contributed by atoms with Gasteiger partial charge in [0, 0.05) is 55.8 Å². The highest BCUT2D eigenvalue weighted by Crippen LogP contribution is 2.37. The van der Waals surface area contributed by atoms with Crippen LogP contribution in [0.3, 0.4) is 0 Å². The number of halogens is 1. The van der Waals surface area contributed by atoms with Gasteiger partial charge in [0.05, 0.1) is 0 Å². The van der Waals surface area contributed by atoms with Gasteiger partial charge in [-0.2, -0.15) is 5.10 Å². The fraction of sp³-hybridized carbons (Fsp3) is 0.381. The van der Waals surface area contributed by atoms with Crippen LogP contribution in [0.4, 0.5) is 0 Å². The van der Waals surface area contributed by atoms with E-state index in [-0.39, 0.29) is 5.41 Å². The van der Waals surface area contributed by atoms with Gasteiger partial charge >= 0.3 is 0 Å². The molecule has 1 unspecified atom stereocenters. The maximum absolute atomic E-state index is 6.02. The van der Waals surface area contributed by atoms with Crippen molar-refractivity contribution in [2.75, 3.05) is 26.7 Å². The number of nitrogens with zero attached hydrogens (tertiary/aromatic N) is 3. The van der Waals surface area contributed by atoms with E-state index in [1.54, 1.807) is 0 Å². The SMILES string of the molecule is CN1CC2(Cc3ccccc3)CN(Cc3ccc(Cl)cc3)CCC2=N1. The first-order valence-electron chi connectivity index (χ1n) is 8.93. The third-order valence-corrected chi connectivity index (χ3v) is 5.58. The predicted octanol–water partition coefficient (Wildman–Crippen LogP) is 4.08. The maximum Gasteiger partial charge on any atom is 0.0489 e. The topological polar surface area (TPSA) is 18.8 Å². The highest BCUT2D eigenvalue weighted by molar-refractivity contribution is 6.30. The minimum absolute atomic E-state index is 0.140. The van der Waals surface area contributed by atoms with Gasteiger partial charge in [0.2, 0.25) is 0 Å². The van der Waals surface area contributed by atoms with Crippen molar-refractivity contribution in [1.82, 2.24) is 9.91 Å². The van der Waals surface area contributed by atoms with Gasteiger partial charge in [0.15, 0.2) is 0 Å². The average molecular weight is 354 g/mol. The van der Waals surface area contributed by atoms with Gasteiger partial charge in [0.1, 0.15) is 0 Å². The summed E-state index contributed by atoms with van der Waals surface area (Å²) in [7, 11) is 2.10. The van der Waals surface area contributed by atoms with E-state index in [4.69, 9.17) is 16.7 Å². The van der Waals surface area contributed by atoms with Crippen molar-refractivity contribution in [2.45, 2.75) is 19.4 Å². The molecule has 0 saturated carbocycles. The number of benzene rings is 2. The summed E-state index contributed by atoms with van der Waals surface area (Å²) in [4.78, 5) is 2.57. The van der Waals surface area contributed by atoms with E-state index in [0.29, 0.717) is 0 Å². The summed E-state index contributed by atoms with van der Waals surface area (Å²) >= 11 is 6.02. The average Bonchev–Trinajstić information content (AvgIpc) is 2.92. The molecule has 1 atom stereocenters. The molecule has 130 valence electrons. The lowest BCUT2D eigenvalue weighted by Gasteiger charge is -2.41. The lowest BCUT2D eigenvalue weighted by atomic mass is 9.74. The van der Waals surface area contributed by atoms with Crippen LogP contribution in [-0.2, 0) is 13.0 Å². The third kappa shape index (κ3) is 3.58. The summed E-state index contributed by atoms with van der Waals surface area (Å²) < 4.78 is 0. The number of hydrazone groups is 1. The Morgan fingerprint density at radius 3 is 2.52 bits per heavy atom. The van der Waals surface area contributed by atoms with Gasteiger partial charge in [-0.25, -0.2) is 0 Å². The second-order valence-corrected chi connectivity index (χ2v) is 7.83. The van der Waals surface area contributed by atoms with Gasteiger partial charge in [-0.3, -0.25) is 9.91 Å². The molecule has 2 aliphatic heterocycles. The largest absolute Gasteiger partial charge is 0.299 e. The Morgan fingerprint density at radius 1 is 1.00 bits per heavy atom. The number of fused-ring (bicyclic) bond motifs is 1. The van der Waals surface area contributed by atoms with Crippen LogP contribution in [0, 0.1) is 5.41 Å². The molecule has 2 aliphatic rings. The molecule has 4 rings (SSSR count). The number of piperidine rings is 1. The van der Waals surface area contributed by atoms with Crippen LogP contribution in [0.15, 0.2) is 59.7 Å². The van der Waals surface area contributed by atoms with Crippen molar-refractivity contribution >= 4 is 17.3 Å². The van der Waals surface area contributed by atoms with Gasteiger partial charge in [-0.1, -0.05) is 54.1 Å². The molecule has 1 fully saturated rings. The first-order valence-corrected chi connectivity index (χ1v) is 9.31. The normalized spacial score (nSPS) is 23.4. The van der Waals surface area contributed by atoms with Crippen molar-refractivity contribution in [2.24, 2.45) is 10.5 Å². The van der Waals surface area contributed by atoms with Crippen LogP contribution < -0.4 is 0 Å². The Kier molecular flexibility index (Phi) is 4.53. The second kappa shape index (κ2) is 6.81. The van der Waals surface area contributed by atoms with Crippen molar-refractivity contribution in [3.05, 3.63) is 70.7 Å². The van der Waals surface area contributed by atoms with Crippen LogP contribution in [0.2, 0.25) is 5.02 Å².